The summed E-state index contributed by atoms with van der Waals surface area (Å²) in [5.74, 6) is 0.699. The first kappa shape index (κ1) is 19.4. The van der Waals surface area contributed by atoms with Crippen LogP contribution in [0.25, 0.3) is 0 Å². The number of rotatable bonds is 7. The SMILES string of the molecule is CCCC1CC(CN(C)C(=O)Nc2ccnn2C(C)c2ccccc2)NN1. The van der Waals surface area contributed by atoms with Gasteiger partial charge in [0.2, 0.25) is 0 Å². The fourth-order valence-corrected chi connectivity index (χ4v) is 3.57. The van der Waals surface area contributed by atoms with Gasteiger partial charge in [0.15, 0.2) is 0 Å². The molecular weight excluding hydrogens is 340 g/mol. The van der Waals surface area contributed by atoms with Gasteiger partial charge in [-0.25, -0.2) is 9.48 Å². The monoisotopic (exact) mass is 370 g/mol. The van der Waals surface area contributed by atoms with Gasteiger partial charge >= 0.3 is 6.03 Å². The highest BCUT2D eigenvalue weighted by Crippen LogP contribution is 2.21. The Labute approximate surface area is 161 Å². The van der Waals surface area contributed by atoms with E-state index in [1.54, 1.807) is 11.1 Å². The summed E-state index contributed by atoms with van der Waals surface area (Å²) < 4.78 is 1.84. The van der Waals surface area contributed by atoms with Crippen LogP contribution in [0, 0.1) is 0 Å². The van der Waals surface area contributed by atoms with Crippen LogP contribution in [0.15, 0.2) is 42.6 Å². The number of benzene rings is 1. The van der Waals surface area contributed by atoms with Gasteiger partial charge in [0.1, 0.15) is 5.82 Å². The summed E-state index contributed by atoms with van der Waals surface area (Å²) in [5, 5.41) is 7.39. The van der Waals surface area contributed by atoms with Gasteiger partial charge in [0.25, 0.3) is 0 Å². The van der Waals surface area contributed by atoms with Crippen molar-refractivity contribution >= 4 is 11.8 Å². The average Bonchev–Trinajstić information content (AvgIpc) is 3.31. The lowest BCUT2D eigenvalue weighted by Gasteiger charge is -2.22. The topological polar surface area (TPSA) is 74.2 Å². The van der Waals surface area contributed by atoms with Crippen LogP contribution in [0.1, 0.15) is 44.7 Å². The molecule has 1 fully saturated rings. The van der Waals surface area contributed by atoms with Crippen LogP contribution in [-0.2, 0) is 0 Å². The van der Waals surface area contributed by atoms with Crippen LogP contribution in [0.3, 0.4) is 0 Å². The third-order valence-corrected chi connectivity index (χ3v) is 5.09. The van der Waals surface area contributed by atoms with Gasteiger partial charge < -0.3 is 4.90 Å². The van der Waals surface area contributed by atoms with Gasteiger partial charge in [-0.15, -0.1) is 0 Å². The summed E-state index contributed by atoms with van der Waals surface area (Å²) in [5.41, 5.74) is 7.76. The van der Waals surface area contributed by atoms with E-state index in [0.29, 0.717) is 18.4 Å². The zero-order valence-corrected chi connectivity index (χ0v) is 16.4. The summed E-state index contributed by atoms with van der Waals surface area (Å²) in [6, 6.07) is 12.6. The number of urea groups is 1. The molecule has 7 heteroatoms. The lowest BCUT2D eigenvalue weighted by atomic mass is 10.1. The first-order chi connectivity index (χ1) is 13.1. The second-order valence-electron chi connectivity index (χ2n) is 7.27. The fourth-order valence-electron chi connectivity index (χ4n) is 3.57. The van der Waals surface area contributed by atoms with Gasteiger partial charge in [-0.3, -0.25) is 16.2 Å². The Balaban J connectivity index is 1.58. The average molecular weight is 371 g/mol. The molecular formula is C20H30N6O. The van der Waals surface area contributed by atoms with Crippen molar-refractivity contribution in [2.24, 2.45) is 0 Å². The highest BCUT2D eigenvalue weighted by molar-refractivity contribution is 5.88. The molecule has 1 aromatic heterocycles. The molecule has 1 aliphatic heterocycles. The number of hydrogen-bond acceptors (Lipinski definition) is 4. The molecule has 1 saturated heterocycles. The van der Waals surface area contributed by atoms with Crippen molar-refractivity contribution in [3.05, 3.63) is 48.2 Å². The van der Waals surface area contributed by atoms with E-state index in [4.69, 9.17) is 0 Å². The summed E-state index contributed by atoms with van der Waals surface area (Å²) >= 11 is 0. The van der Waals surface area contributed by atoms with Crippen LogP contribution < -0.4 is 16.2 Å². The summed E-state index contributed by atoms with van der Waals surface area (Å²) in [6.45, 7) is 4.92. The van der Waals surface area contributed by atoms with Crippen LogP contribution >= 0.6 is 0 Å². The number of carbonyl (C=O) groups is 1. The molecule has 0 saturated carbocycles. The molecule has 7 nitrogen and oxygen atoms in total. The number of likely N-dealkylation sites (N-methyl/N-ethyl adjacent to an activating group) is 1. The third kappa shape index (κ3) is 4.87. The van der Waals surface area contributed by atoms with E-state index in [-0.39, 0.29) is 18.1 Å². The molecule has 0 spiro atoms. The molecule has 1 aliphatic rings. The van der Waals surface area contributed by atoms with Crippen molar-refractivity contribution in [3.63, 3.8) is 0 Å². The molecule has 146 valence electrons. The molecule has 2 amide bonds. The minimum absolute atomic E-state index is 0.0392. The molecule has 3 N–H and O–H groups in total. The zero-order valence-electron chi connectivity index (χ0n) is 16.4. The minimum atomic E-state index is -0.127. The molecule has 27 heavy (non-hydrogen) atoms. The first-order valence-corrected chi connectivity index (χ1v) is 9.70. The Bertz CT molecular complexity index is 731. The fraction of sp³-hybridized carbons (Fsp3) is 0.500. The number of carbonyl (C=O) groups excluding carboxylic acids is 1. The predicted molar refractivity (Wildman–Crippen MR) is 108 cm³/mol. The van der Waals surface area contributed by atoms with Gasteiger partial charge in [-0.1, -0.05) is 43.7 Å². The third-order valence-electron chi connectivity index (χ3n) is 5.09. The van der Waals surface area contributed by atoms with Crippen LogP contribution in [0.2, 0.25) is 0 Å². The molecule has 3 unspecified atom stereocenters. The smallest absolute Gasteiger partial charge is 0.322 e. The van der Waals surface area contributed by atoms with Crippen molar-refractivity contribution < 1.29 is 4.79 Å². The predicted octanol–water partition coefficient (Wildman–Crippen LogP) is 2.99. The second kappa shape index (κ2) is 9.01. The largest absolute Gasteiger partial charge is 0.326 e. The molecule has 3 atom stereocenters. The normalized spacial score (nSPS) is 20.4. The van der Waals surface area contributed by atoms with Gasteiger partial charge in [0, 0.05) is 31.7 Å². The molecule has 1 aromatic carbocycles. The molecule has 0 bridgehead atoms. The molecule has 3 rings (SSSR count). The van der Waals surface area contributed by atoms with Gasteiger partial charge in [-0.05, 0) is 25.3 Å². The van der Waals surface area contributed by atoms with E-state index in [0.717, 1.165) is 24.8 Å². The van der Waals surface area contributed by atoms with E-state index in [1.807, 2.05) is 36.0 Å². The molecule has 0 aliphatic carbocycles. The Morgan fingerprint density at radius 2 is 2.04 bits per heavy atom. The lowest BCUT2D eigenvalue weighted by molar-refractivity contribution is 0.217. The molecule has 2 heterocycles. The summed E-state index contributed by atoms with van der Waals surface area (Å²) in [4.78, 5) is 14.4. The van der Waals surface area contributed by atoms with E-state index in [1.165, 1.54) is 0 Å². The van der Waals surface area contributed by atoms with Crippen molar-refractivity contribution in [2.75, 3.05) is 18.9 Å². The maximum Gasteiger partial charge on any atom is 0.322 e. The molecule has 2 aromatic rings. The number of nitrogens with one attached hydrogen (secondary N) is 3. The maximum atomic E-state index is 12.6. The van der Waals surface area contributed by atoms with Gasteiger partial charge in [0.05, 0.1) is 12.2 Å². The van der Waals surface area contributed by atoms with Crippen LogP contribution in [0.4, 0.5) is 10.6 Å². The van der Waals surface area contributed by atoms with Crippen molar-refractivity contribution in [3.8, 4) is 0 Å². The van der Waals surface area contributed by atoms with E-state index >= 15 is 0 Å². The lowest BCUT2D eigenvalue weighted by Crippen LogP contribution is -2.43. The Morgan fingerprint density at radius 1 is 1.30 bits per heavy atom. The quantitative estimate of drug-likeness (QED) is 0.700. The molecule has 0 radical (unpaired) electrons. The van der Waals surface area contributed by atoms with E-state index in [2.05, 4.69) is 47.2 Å². The maximum absolute atomic E-state index is 12.6. The number of hydrogen-bond donors (Lipinski definition) is 3. The Hall–Kier alpha value is -2.38. The summed E-state index contributed by atoms with van der Waals surface area (Å²) in [7, 11) is 1.82. The first-order valence-electron chi connectivity index (χ1n) is 9.70. The summed E-state index contributed by atoms with van der Waals surface area (Å²) in [6.07, 6.45) is 5.06. The van der Waals surface area contributed by atoms with Crippen LogP contribution in [-0.4, -0.2) is 46.4 Å². The highest BCUT2D eigenvalue weighted by Gasteiger charge is 2.25. The number of amides is 2. The van der Waals surface area contributed by atoms with Crippen LogP contribution in [0.5, 0.6) is 0 Å². The number of nitrogens with zero attached hydrogens (tertiary/aromatic N) is 3. The van der Waals surface area contributed by atoms with Crippen molar-refractivity contribution in [1.82, 2.24) is 25.5 Å². The van der Waals surface area contributed by atoms with E-state index in [9.17, 15) is 4.79 Å². The highest BCUT2D eigenvalue weighted by atomic mass is 16.2. The second-order valence-corrected chi connectivity index (χ2v) is 7.27. The minimum Gasteiger partial charge on any atom is -0.326 e. The van der Waals surface area contributed by atoms with E-state index < -0.39 is 0 Å². The van der Waals surface area contributed by atoms with Gasteiger partial charge in [-0.2, -0.15) is 5.10 Å². The number of aromatic nitrogens is 2. The Kier molecular flexibility index (Phi) is 6.47. The number of anilines is 1. The number of hydrazine groups is 1. The zero-order chi connectivity index (χ0) is 19.2. The van der Waals surface area contributed by atoms with Crippen molar-refractivity contribution in [2.45, 2.75) is 51.2 Å². The van der Waals surface area contributed by atoms with Crippen molar-refractivity contribution in [1.29, 1.82) is 0 Å². The standard InChI is InChI=1S/C20H30N6O/c1-4-8-17-13-18(24-23-17)14-25(3)20(27)22-19-11-12-21-26(19)15(2)16-9-6-5-7-10-16/h5-7,9-12,15,17-18,23-24H,4,8,13-14H2,1-3H3,(H,22,27). The Morgan fingerprint density at radius 3 is 2.78 bits per heavy atom.